The quantitative estimate of drug-likeness (QED) is 0.691. The average molecular weight is 317 g/mol. The summed E-state index contributed by atoms with van der Waals surface area (Å²) in [7, 11) is 0. The smallest absolute Gasteiger partial charge is 0.264 e. The topological polar surface area (TPSA) is 33.5 Å². The molecular weight excluding hydrogens is 302 g/mol. The minimum absolute atomic E-state index is 0.0719. The highest BCUT2D eigenvalue weighted by Crippen LogP contribution is 2.21. The lowest BCUT2D eigenvalue weighted by Crippen LogP contribution is -2.29. The molecule has 3 heterocycles. The molecular formula is C16H15NO2S2. The van der Waals surface area contributed by atoms with Gasteiger partial charge >= 0.3 is 0 Å². The molecule has 21 heavy (non-hydrogen) atoms. The Morgan fingerprint density at radius 3 is 2.81 bits per heavy atom. The Morgan fingerprint density at radius 2 is 2.19 bits per heavy atom. The van der Waals surface area contributed by atoms with E-state index in [4.69, 9.17) is 4.42 Å². The number of carbonyl (C=O) groups is 1. The average Bonchev–Trinajstić information content (AvgIpc) is 3.19. The zero-order valence-corrected chi connectivity index (χ0v) is 13.2. The maximum atomic E-state index is 12.7. The zero-order chi connectivity index (χ0) is 14.7. The number of nitrogens with zero attached hydrogens (tertiary/aromatic N) is 1. The maximum Gasteiger partial charge on any atom is 0.264 e. The molecule has 0 aliphatic rings. The van der Waals surface area contributed by atoms with Crippen molar-refractivity contribution in [3.8, 4) is 0 Å². The van der Waals surface area contributed by atoms with Crippen LogP contribution >= 0.6 is 22.7 Å². The van der Waals surface area contributed by atoms with Gasteiger partial charge in [0.05, 0.1) is 23.9 Å². The van der Waals surface area contributed by atoms with Gasteiger partial charge in [0.25, 0.3) is 5.91 Å². The van der Waals surface area contributed by atoms with E-state index in [9.17, 15) is 4.79 Å². The van der Waals surface area contributed by atoms with Gasteiger partial charge in [0.2, 0.25) is 0 Å². The molecule has 3 nitrogen and oxygen atoms in total. The van der Waals surface area contributed by atoms with Crippen LogP contribution in [-0.2, 0) is 13.1 Å². The molecule has 0 saturated carbocycles. The van der Waals surface area contributed by atoms with Gasteiger partial charge in [-0.05, 0) is 41.4 Å². The molecule has 3 aromatic heterocycles. The Hall–Kier alpha value is -1.85. The number of hydrogen-bond acceptors (Lipinski definition) is 4. The number of thiophene rings is 2. The molecule has 1 amide bonds. The second-order valence-corrected chi connectivity index (χ2v) is 6.80. The third-order valence-corrected chi connectivity index (χ3v) is 5.01. The van der Waals surface area contributed by atoms with Crippen LogP contribution in [0.4, 0.5) is 0 Å². The van der Waals surface area contributed by atoms with Gasteiger partial charge < -0.3 is 9.32 Å². The lowest BCUT2D eigenvalue weighted by Gasteiger charge is -2.20. The molecule has 3 aromatic rings. The Labute approximate surface area is 131 Å². The van der Waals surface area contributed by atoms with Gasteiger partial charge in [-0.2, -0.15) is 0 Å². The highest BCUT2D eigenvalue weighted by Gasteiger charge is 2.19. The van der Waals surface area contributed by atoms with Gasteiger partial charge in [-0.15, -0.1) is 22.7 Å². The molecule has 0 aliphatic carbocycles. The monoisotopic (exact) mass is 317 g/mol. The van der Waals surface area contributed by atoms with Crippen LogP contribution in [-0.4, -0.2) is 10.8 Å². The van der Waals surface area contributed by atoms with Crippen molar-refractivity contribution in [2.75, 3.05) is 0 Å². The van der Waals surface area contributed by atoms with Crippen molar-refractivity contribution in [3.63, 3.8) is 0 Å². The standard InChI is InChI=1S/C16H15NO2S2/c1-12-7-15(21-11-12)16(18)17(8-13-4-5-19-10-13)9-14-3-2-6-20-14/h2-7,10-11H,8-9H2,1H3. The van der Waals surface area contributed by atoms with Crippen LogP contribution in [0.5, 0.6) is 0 Å². The minimum Gasteiger partial charge on any atom is -0.472 e. The number of carbonyl (C=O) groups excluding carboxylic acids is 1. The molecule has 0 aliphatic heterocycles. The zero-order valence-electron chi connectivity index (χ0n) is 11.6. The fraction of sp³-hybridized carbons (Fsp3) is 0.188. The summed E-state index contributed by atoms with van der Waals surface area (Å²) in [6.45, 7) is 3.19. The highest BCUT2D eigenvalue weighted by molar-refractivity contribution is 7.12. The Kier molecular flexibility index (Phi) is 4.22. The lowest BCUT2D eigenvalue weighted by molar-refractivity contribution is 0.0736. The van der Waals surface area contributed by atoms with E-state index < -0.39 is 0 Å². The van der Waals surface area contributed by atoms with E-state index in [-0.39, 0.29) is 5.91 Å². The fourth-order valence-electron chi connectivity index (χ4n) is 2.09. The molecule has 0 radical (unpaired) electrons. The summed E-state index contributed by atoms with van der Waals surface area (Å²) in [6, 6.07) is 7.91. The van der Waals surface area contributed by atoms with Crippen molar-refractivity contribution >= 4 is 28.6 Å². The second-order valence-electron chi connectivity index (χ2n) is 4.86. The molecule has 0 N–H and O–H groups in total. The Balaban J connectivity index is 1.82. The van der Waals surface area contributed by atoms with Crippen LogP contribution in [0.15, 0.2) is 52.0 Å². The molecule has 0 spiro atoms. The third-order valence-electron chi connectivity index (χ3n) is 3.11. The molecule has 0 atom stereocenters. The highest BCUT2D eigenvalue weighted by atomic mass is 32.1. The van der Waals surface area contributed by atoms with Gasteiger partial charge in [0.1, 0.15) is 0 Å². The SMILES string of the molecule is Cc1csc(C(=O)N(Cc2ccoc2)Cc2cccs2)c1. The lowest BCUT2D eigenvalue weighted by atomic mass is 10.2. The number of furan rings is 1. The number of rotatable bonds is 5. The van der Waals surface area contributed by atoms with Crippen molar-refractivity contribution < 1.29 is 9.21 Å². The molecule has 0 bridgehead atoms. The predicted octanol–water partition coefficient (Wildman–Crippen LogP) is 4.55. The van der Waals surface area contributed by atoms with E-state index in [0.717, 1.165) is 16.0 Å². The van der Waals surface area contributed by atoms with Gasteiger partial charge in [0, 0.05) is 17.0 Å². The van der Waals surface area contributed by atoms with Gasteiger partial charge in [-0.1, -0.05) is 6.07 Å². The Bertz CT molecular complexity index is 662. The summed E-state index contributed by atoms with van der Waals surface area (Å²) in [5.41, 5.74) is 2.14. The van der Waals surface area contributed by atoms with E-state index in [1.54, 1.807) is 23.9 Å². The summed E-state index contributed by atoms with van der Waals surface area (Å²) in [6.07, 6.45) is 3.33. The van der Waals surface area contributed by atoms with Crippen LogP contribution in [0.25, 0.3) is 0 Å². The second kappa shape index (κ2) is 6.28. The van der Waals surface area contributed by atoms with Gasteiger partial charge in [0.15, 0.2) is 0 Å². The number of aryl methyl sites for hydroxylation is 1. The van der Waals surface area contributed by atoms with Crippen molar-refractivity contribution in [2.45, 2.75) is 20.0 Å². The van der Waals surface area contributed by atoms with Crippen LogP contribution in [0.3, 0.4) is 0 Å². The van der Waals surface area contributed by atoms with Crippen molar-refractivity contribution in [1.82, 2.24) is 4.90 Å². The summed E-state index contributed by atoms with van der Waals surface area (Å²) in [5, 5.41) is 4.04. The first-order chi connectivity index (χ1) is 10.2. The Morgan fingerprint density at radius 1 is 1.29 bits per heavy atom. The van der Waals surface area contributed by atoms with Crippen molar-refractivity contribution in [2.24, 2.45) is 0 Å². The number of amides is 1. The van der Waals surface area contributed by atoms with E-state index >= 15 is 0 Å². The summed E-state index contributed by atoms with van der Waals surface area (Å²) < 4.78 is 5.11. The van der Waals surface area contributed by atoms with Crippen LogP contribution in [0, 0.1) is 6.92 Å². The van der Waals surface area contributed by atoms with Crippen LogP contribution in [0.2, 0.25) is 0 Å². The molecule has 0 fully saturated rings. The van der Waals surface area contributed by atoms with E-state index in [2.05, 4.69) is 6.07 Å². The maximum absolute atomic E-state index is 12.7. The normalized spacial score (nSPS) is 10.7. The van der Waals surface area contributed by atoms with Crippen LogP contribution in [0.1, 0.15) is 25.7 Å². The molecule has 5 heteroatoms. The van der Waals surface area contributed by atoms with Crippen molar-refractivity contribution in [3.05, 3.63) is 68.4 Å². The third kappa shape index (κ3) is 3.43. The molecule has 108 valence electrons. The van der Waals surface area contributed by atoms with E-state index in [1.807, 2.05) is 40.8 Å². The molecule has 0 aromatic carbocycles. The molecule has 3 rings (SSSR count). The van der Waals surface area contributed by atoms with E-state index in [0.29, 0.717) is 13.1 Å². The van der Waals surface area contributed by atoms with Gasteiger partial charge in [-0.3, -0.25) is 4.79 Å². The molecule has 0 unspecified atom stereocenters. The predicted molar refractivity (Wildman–Crippen MR) is 85.7 cm³/mol. The first kappa shape index (κ1) is 14.1. The largest absolute Gasteiger partial charge is 0.472 e. The minimum atomic E-state index is 0.0719. The fourth-order valence-corrected chi connectivity index (χ4v) is 3.68. The van der Waals surface area contributed by atoms with Crippen LogP contribution < -0.4 is 0 Å². The first-order valence-corrected chi connectivity index (χ1v) is 8.36. The van der Waals surface area contributed by atoms with Gasteiger partial charge in [-0.25, -0.2) is 0 Å². The molecule has 0 saturated heterocycles. The summed E-state index contributed by atoms with van der Waals surface area (Å²) >= 11 is 3.17. The number of hydrogen-bond donors (Lipinski definition) is 0. The van der Waals surface area contributed by atoms with Crippen molar-refractivity contribution in [1.29, 1.82) is 0 Å². The summed E-state index contributed by atoms with van der Waals surface area (Å²) in [5.74, 6) is 0.0719. The summed E-state index contributed by atoms with van der Waals surface area (Å²) in [4.78, 5) is 16.5. The first-order valence-electron chi connectivity index (χ1n) is 6.60. The van der Waals surface area contributed by atoms with E-state index in [1.165, 1.54) is 16.2 Å².